The van der Waals surface area contributed by atoms with Gasteiger partial charge in [0.05, 0.1) is 0 Å². The Kier molecular flexibility index (Phi) is 5.17. The largest absolute Gasteiger partial charge is 0.385 e. The molecule has 100 valence electrons. The van der Waals surface area contributed by atoms with Crippen molar-refractivity contribution in [2.45, 2.75) is 44.1 Å². The van der Waals surface area contributed by atoms with E-state index in [1.165, 1.54) is 30.4 Å². The SMILES string of the molecule is COCCCC(NN)c1ccccc1C1CCC1. The third-order valence-electron chi connectivity index (χ3n) is 3.96. The summed E-state index contributed by atoms with van der Waals surface area (Å²) in [6.07, 6.45) is 6.07. The smallest absolute Gasteiger partial charge is 0.0463 e. The minimum absolute atomic E-state index is 0.247. The van der Waals surface area contributed by atoms with E-state index in [2.05, 4.69) is 29.7 Å². The van der Waals surface area contributed by atoms with Gasteiger partial charge in [-0.3, -0.25) is 11.3 Å². The zero-order chi connectivity index (χ0) is 12.8. The minimum atomic E-state index is 0.247. The van der Waals surface area contributed by atoms with Crippen LogP contribution in [0.15, 0.2) is 24.3 Å². The van der Waals surface area contributed by atoms with E-state index >= 15 is 0 Å². The third-order valence-corrected chi connectivity index (χ3v) is 3.96. The maximum Gasteiger partial charge on any atom is 0.0463 e. The number of hydrazine groups is 1. The highest BCUT2D eigenvalue weighted by atomic mass is 16.5. The molecule has 0 saturated heterocycles. The topological polar surface area (TPSA) is 47.3 Å². The molecule has 1 aliphatic carbocycles. The lowest BCUT2D eigenvalue weighted by atomic mass is 9.77. The van der Waals surface area contributed by atoms with Crippen LogP contribution in [0.2, 0.25) is 0 Å². The van der Waals surface area contributed by atoms with Crippen LogP contribution in [0, 0.1) is 0 Å². The number of hydrogen-bond donors (Lipinski definition) is 2. The van der Waals surface area contributed by atoms with E-state index in [-0.39, 0.29) is 6.04 Å². The van der Waals surface area contributed by atoms with Crippen LogP contribution in [0.3, 0.4) is 0 Å². The summed E-state index contributed by atoms with van der Waals surface area (Å²) in [5.74, 6) is 6.47. The molecule has 0 bridgehead atoms. The molecule has 3 heteroatoms. The molecule has 1 aromatic carbocycles. The normalized spacial score (nSPS) is 17.4. The molecular weight excluding hydrogens is 224 g/mol. The summed E-state index contributed by atoms with van der Waals surface area (Å²) in [6.45, 7) is 0.795. The van der Waals surface area contributed by atoms with Crippen LogP contribution in [0.1, 0.15) is 55.2 Å². The lowest BCUT2D eigenvalue weighted by molar-refractivity contribution is 0.188. The first-order valence-electron chi connectivity index (χ1n) is 6.90. The Morgan fingerprint density at radius 2 is 2.17 bits per heavy atom. The predicted octanol–water partition coefficient (Wildman–Crippen LogP) is 2.89. The lowest BCUT2D eigenvalue weighted by Gasteiger charge is -2.30. The van der Waals surface area contributed by atoms with Gasteiger partial charge < -0.3 is 4.74 Å². The molecular formula is C15H24N2O. The Morgan fingerprint density at radius 1 is 1.39 bits per heavy atom. The van der Waals surface area contributed by atoms with Gasteiger partial charge in [0.2, 0.25) is 0 Å². The molecule has 1 saturated carbocycles. The molecule has 1 aliphatic rings. The Hall–Kier alpha value is -0.900. The van der Waals surface area contributed by atoms with Gasteiger partial charge in [0.1, 0.15) is 0 Å². The molecule has 18 heavy (non-hydrogen) atoms. The highest BCUT2D eigenvalue weighted by Gasteiger charge is 2.24. The minimum Gasteiger partial charge on any atom is -0.385 e. The molecule has 2 rings (SSSR count). The molecule has 0 spiro atoms. The third kappa shape index (κ3) is 3.10. The Labute approximate surface area is 110 Å². The molecule has 1 fully saturated rings. The second-order valence-corrected chi connectivity index (χ2v) is 5.11. The van der Waals surface area contributed by atoms with Gasteiger partial charge in [-0.05, 0) is 42.7 Å². The zero-order valence-electron chi connectivity index (χ0n) is 11.2. The number of nitrogens with one attached hydrogen (secondary N) is 1. The van der Waals surface area contributed by atoms with Crippen molar-refractivity contribution in [1.29, 1.82) is 0 Å². The fourth-order valence-electron chi connectivity index (χ4n) is 2.68. The number of methoxy groups -OCH3 is 1. The van der Waals surface area contributed by atoms with Crippen molar-refractivity contribution < 1.29 is 4.74 Å². The molecule has 0 radical (unpaired) electrons. The first kappa shape index (κ1) is 13.5. The van der Waals surface area contributed by atoms with Crippen molar-refractivity contribution in [3.8, 4) is 0 Å². The summed E-state index contributed by atoms with van der Waals surface area (Å²) >= 11 is 0. The van der Waals surface area contributed by atoms with Gasteiger partial charge in [0.25, 0.3) is 0 Å². The van der Waals surface area contributed by atoms with Crippen molar-refractivity contribution in [2.75, 3.05) is 13.7 Å². The van der Waals surface area contributed by atoms with Gasteiger partial charge >= 0.3 is 0 Å². The van der Waals surface area contributed by atoms with E-state index < -0.39 is 0 Å². The number of benzene rings is 1. The van der Waals surface area contributed by atoms with Gasteiger partial charge in [0.15, 0.2) is 0 Å². The van der Waals surface area contributed by atoms with Crippen molar-refractivity contribution in [1.82, 2.24) is 5.43 Å². The van der Waals surface area contributed by atoms with Crippen molar-refractivity contribution in [3.05, 3.63) is 35.4 Å². The standard InChI is InChI=1S/C15H24N2O/c1-18-11-5-10-15(17-16)14-9-3-2-8-13(14)12-6-4-7-12/h2-3,8-9,12,15,17H,4-7,10-11,16H2,1H3. The maximum atomic E-state index is 5.72. The second-order valence-electron chi connectivity index (χ2n) is 5.11. The van der Waals surface area contributed by atoms with Crippen molar-refractivity contribution in [3.63, 3.8) is 0 Å². The summed E-state index contributed by atoms with van der Waals surface area (Å²) in [6, 6.07) is 8.97. The average molecular weight is 248 g/mol. The fourth-order valence-corrected chi connectivity index (χ4v) is 2.68. The number of nitrogens with two attached hydrogens (primary N) is 1. The Bertz CT molecular complexity index is 363. The molecule has 0 aliphatic heterocycles. The number of rotatable bonds is 7. The van der Waals surface area contributed by atoms with Crippen LogP contribution in [0.5, 0.6) is 0 Å². The first-order chi connectivity index (χ1) is 8.86. The van der Waals surface area contributed by atoms with Gasteiger partial charge in [0, 0.05) is 19.8 Å². The van der Waals surface area contributed by atoms with E-state index in [9.17, 15) is 0 Å². The molecule has 1 aromatic rings. The van der Waals surface area contributed by atoms with Crippen LogP contribution in [0.25, 0.3) is 0 Å². The highest BCUT2D eigenvalue weighted by Crippen LogP contribution is 2.39. The fraction of sp³-hybridized carbons (Fsp3) is 0.600. The van der Waals surface area contributed by atoms with Gasteiger partial charge in [-0.2, -0.15) is 0 Å². The van der Waals surface area contributed by atoms with Crippen LogP contribution >= 0.6 is 0 Å². The van der Waals surface area contributed by atoms with Gasteiger partial charge in [-0.15, -0.1) is 0 Å². The first-order valence-corrected chi connectivity index (χ1v) is 6.90. The predicted molar refractivity (Wildman–Crippen MR) is 74.2 cm³/mol. The van der Waals surface area contributed by atoms with Crippen molar-refractivity contribution >= 4 is 0 Å². The van der Waals surface area contributed by atoms with Gasteiger partial charge in [-0.1, -0.05) is 30.7 Å². The second kappa shape index (κ2) is 6.88. The van der Waals surface area contributed by atoms with Crippen LogP contribution in [0.4, 0.5) is 0 Å². The summed E-state index contributed by atoms with van der Waals surface area (Å²) in [5.41, 5.74) is 5.83. The molecule has 0 heterocycles. The van der Waals surface area contributed by atoms with Crippen LogP contribution in [-0.2, 0) is 4.74 Å². The van der Waals surface area contributed by atoms with Crippen LogP contribution in [-0.4, -0.2) is 13.7 Å². The van der Waals surface area contributed by atoms with E-state index in [1.807, 2.05) is 0 Å². The summed E-state index contributed by atoms with van der Waals surface area (Å²) in [5, 5.41) is 0. The molecule has 3 nitrogen and oxygen atoms in total. The number of ether oxygens (including phenoxy) is 1. The molecule has 1 unspecified atom stereocenters. The molecule has 0 aromatic heterocycles. The zero-order valence-corrected chi connectivity index (χ0v) is 11.2. The Morgan fingerprint density at radius 3 is 2.78 bits per heavy atom. The summed E-state index contributed by atoms with van der Waals surface area (Å²) < 4.78 is 5.11. The Balaban J connectivity index is 2.08. The quantitative estimate of drug-likeness (QED) is 0.443. The monoisotopic (exact) mass is 248 g/mol. The van der Waals surface area contributed by atoms with Gasteiger partial charge in [-0.25, -0.2) is 0 Å². The lowest BCUT2D eigenvalue weighted by Crippen LogP contribution is -2.29. The summed E-state index contributed by atoms with van der Waals surface area (Å²) in [4.78, 5) is 0. The van der Waals surface area contributed by atoms with Crippen LogP contribution < -0.4 is 11.3 Å². The van der Waals surface area contributed by atoms with E-state index in [0.29, 0.717) is 0 Å². The molecule has 1 atom stereocenters. The molecule has 0 amide bonds. The average Bonchev–Trinajstić information content (AvgIpc) is 2.34. The molecule has 3 N–H and O–H groups in total. The highest BCUT2D eigenvalue weighted by molar-refractivity contribution is 5.34. The number of hydrogen-bond acceptors (Lipinski definition) is 3. The van der Waals surface area contributed by atoms with E-state index in [4.69, 9.17) is 10.6 Å². The van der Waals surface area contributed by atoms with E-state index in [1.54, 1.807) is 7.11 Å². The van der Waals surface area contributed by atoms with Crippen molar-refractivity contribution in [2.24, 2.45) is 5.84 Å². The maximum absolute atomic E-state index is 5.72. The van der Waals surface area contributed by atoms with E-state index in [0.717, 1.165) is 25.4 Å². The summed E-state index contributed by atoms with van der Waals surface area (Å²) in [7, 11) is 1.74.